The number of rotatable bonds is 8. The van der Waals surface area contributed by atoms with Crippen molar-refractivity contribution in [3.8, 4) is 11.1 Å². The van der Waals surface area contributed by atoms with Gasteiger partial charge in [0.2, 0.25) is 0 Å². The maximum absolute atomic E-state index is 5.32. The van der Waals surface area contributed by atoms with E-state index >= 15 is 0 Å². The molecular weight excluding hydrogens is 733 g/mol. The first-order valence-electron chi connectivity index (χ1n) is 21.1. The Morgan fingerprint density at radius 3 is 2.24 bits per heavy atom. The number of unbranched alkanes of at least 4 members (excludes halogenated alkanes) is 1. The highest BCUT2D eigenvalue weighted by Crippen LogP contribution is 2.45. The minimum atomic E-state index is 0.200. The molecule has 0 N–H and O–H groups in total. The molecule has 10 rings (SSSR count). The topological polar surface area (TPSA) is 24.7 Å². The second-order valence-electron chi connectivity index (χ2n) is 15.8. The monoisotopic (exact) mass is 778 g/mol. The molecule has 1 aromatic heterocycles. The van der Waals surface area contributed by atoms with E-state index in [-0.39, 0.29) is 5.92 Å². The largest absolute Gasteiger partial charge is 0.233 e. The Balaban J connectivity index is 1.07. The maximum Gasteiger partial charge on any atom is 0.159 e. The SMILES string of the molecule is CCC/C=C(/N=C(N=C(C)c1cccc(C2CC=Cc3c2c2ccc(-c4ccc5sc6ccccc6c5c4)cc2c2ccccc32)c1)c1ccccc1)C1=CC=CCC1. The molecule has 2 nitrogen and oxygen atoms in total. The lowest BCUT2D eigenvalue weighted by molar-refractivity contribution is 0.829. The third-order valence-corrected chi connectivity index (χ3v) is 13.2. The fraction of sp³-hybridized carbons (Fsp3) is 0.143. The van der Waals surface area contributed by atoms with Gasteiger partial charge in [-0.05, 0) is 123 Å². The van der Waals surface area contributed by atoms with Crippen molar-refractivity contribution in [1.82, 2.24) is 0 Å². The second-order valence-corrected chi connectivity index (χ2v) is 16.9. The molecule has 2 aliphatic rings. The zero-order valence-corrected chi connectivity index (χ0v) is 34.5. The summed E-state index contributed by atoms with van der Waals surface area (Å²) in [5.74, 6) is 0.947. The van der Waals surface area contributed by atoms with Gasteiger partial charge in [0.05, 0.1) is 5.70 Å². The number of allylic oxidation sites excluding steroid dienone is 6. The first kappa shape index (κ1) is 36.9. The molecule has 0 amide bonds. The summed E-state index contributed by atoms with van der Waals surface area (Å²) < 4.78 is 2.67. The average Bonchev–Trinajstić information content (AvgIpc) is 3.68. The van der Waals surface area contributed by atoms with Gasteiger partial charge in [-0.25, -0.2) is 9.98 Å². The third kappa shape index (κ3) is 7.11. The minimum absolute atomic E-state index is 0.200. The normalized spacial score (nSPS) is 16.0. The predicted octanol–water partition coefficient (Wildman–Crippen LogP) is 15.8. The van der Waals surface area contributed by atoms with Gasteiger partial charge in [0.1, 0.15) is 0 Å². The van der Waals surface area contributed by atoms with E-state index in [1.54, 1.807) is 0 Å². The van der Waals surface area contributed by atoms with Crippen LogP contribution in [0.3, 0.4) is 0 Å². The highest BCUT2D eigenvalue weighted by atomic mass is 32.1. The van der Waals surface area contributed by atoms with Crippen LogP contribution in [0.15, 0.2) is 191 Å². The molecule has 0 radical (unpaired) electrons. The van der Waals surface area contributed by atoms with Gasteiger partial charge in [0.25, 0.3) is 0 Å². The molecule has 2 aliphatic carbocycles. The Morgan fingerprint density at radius 2 is 1.41 bits per heavy atom. The van der Waals surface area contributed by atoms with Gasteiger partial charge in [-0.1, -0.05) is 159 Å². The number of hydrogen-bond donors (Lipinski definition) is 0. The van der Waals surface area contributed by atoms with E-state index in [0.29, 0.717) is 0 Å². The summed E-state index contributed by atoms with van der Waals surface area (Å²) >= 11 is 1.87. The Bertz CT molecular complexity index is 3100. The molecular formula is C56H46N2S. The Morgan fingerprint density at radius 1 is 0.661 bits per heavy atom. The van der Waals surface area contributed by atoms with Crippen LogP contribution >= 0.6 is 11.3 Å². The van der Waals surface area contributed by atoms with Gasteiger partial charge in [0.15, 0.2) is 5.84 Å². The van der Waals surface area contributed by atoms with E-state index in [0.717, 1.165) is 60.5 Å². The van der Waals surface area contributed by atoms with Crippen LogP contribution in [0.4, 0.5) is 0 Å². The van der Waals surface area contributed by atoms with Gasteiger partial charge in [-0.3, -0.25) is 0 Å². The molecule has 3 heteroatoms. The summed E-state index contributed by atoms with van der Waals surface area (Å²) in [5.41, 5.74) is 11.9. The van der Waals surface area contributed by atoms with Crippen LogP contribution in [-0.2, 0) is 0 Å². The Labute approximate surface area is 351 Å². The lowest BCUT2D eigenvalue weighted by Crippen LogP contribution is -2.09. The smallest absolute Gasteiger partial charge is 0.159 e. The van der Waals surface area contributed by atoms with Crippen molar-refractivity contribution in [2.45, 2.75) is 51.9 Å². The van der Waals surface area contributed by atoms with Crippen LogP contribution in [-0.4, -0.2) is 11.5 Å². The standard InChI is InChI=1S/C56H46N2S/c1-3-4-28-52(38-17-7-5-8-18-38)58-56(39-19-9-6-10-20-39)57-37(2)40-21-15-22-43(34-40)44-26-16-27-48-45-23-11-12-24-46(45)50-35-41(30-32-49(50)55(44)48)42-31-33-54-51(36-42)47-25-13-14-29-53(47)59-54/h5-7,9-17,19-25,27-36,44H,3-4,8,18,26H2,1-2H3/b52-28+,57-37?,58-56?. The fourth-order valence-electron chi connectivity index (χ4n) is 9.03. The van der Waals surface area contributed by atoms with Crippen molar-refractivity contribution < 1.29 is 0 Å². The van der Waals surface area contributed by atoms with Crippen LogP contribution < -0.4 is 0 Å². The molecule has 0 saturated heterocycles. The second kappa shape index (κ2) is 16.1. The molecule has 59 heavy (non-hydrogen) atoms. The summed E-state index contributed by atoms with van der Waals surface area (Å²) in [4.78, 5) is 10.6. The van der Waals surface area contributed by atoms with Gasteiger partial charge < -0.3 is 0 Å². The summed E-state index contributed by atoms with van der Waals surface area (Å²) in [5, 5.41) is 7.90. The number of hydrogen-bond acceptors (Lipinski definition) is 2. The molecule has 7 aromatic carbocycles. The first-order valence-corrected chi connectivity index (χ1v) is 21.9. The first-order chi connectivity index (χ1) is 29.1. The van der Waals surface area contributed by atoms with Gasteiger partial charge in [0, 0.05) is 37.4 Å². The number of thiophene rings is 1. The fourth-order valence-corrected chi connectivity index (χ4v) is 10.1. The molecule has 0 aliphatic heterocycles. The average molecular weight is 779 g/mol. The zero-order chi connectivity index (χ0) is 39.7. The van der Waals surface area contributed by atoms with Crippen molar-refractivity contribution in [1.29, 1.82) is 0 Å². The van der Waals surface area contributed by atoms with E-state index in [9.17, 15) is 0 Å². The van der Waals surface area contributed by atoms with E-state index < -0.39 is 0 Å². The molecule has 0 spiro atoms. The highest BCUT2D eigenvalue weighted by molar-refractivity contribution is 7.25. The minimum Gasteiger partial charge on any atom is -0.233 e. The number of amidine groups is 1. The van der Waals surface area contributed by atoms with Crippen LogP contribution in [0.2, 0.25) is 0 Å². The van der Waals surface area contributed by atoms with E-state index in [2.05, 4.69) is 190 Å². The highest BCUT2D eigenvalue weighted by Gasteiger charge is 2.25. The molecule has 0 fully saturated rings. The number of fused-ring (bicyclic) bond motifs is 9. The summed E-state index contributed by atoms with van der Waals surface area (Å²) in [6, 6.07) is 51.4. The number of aliphatic imine (C=N–C) groups is 2. The molecule has 1 heterocycles. The molecule has 0 bridgehead atoms. The molecule has 286 valence electrons. The van der Waals surface area contributed by atoms with Crippen LogP contribution in [0, 0.1) is 0 Å². The van der Waals surface area contributed by atoms with Gasteiger partial charge in [-0.15, -0.1) is 11.3 Å². The maximum atomic E-state index is 5.32. The van der Waals surface area contributed by atoms with Crippen molar-refractivity contribution >= 4 is 70.7 Å². The summed E-state index contributed by atoms with van der Waals surface area (Å²) in [6.07, 6.45) is 18.6. The molecule has 1 unspecified atom stereocenters. The molecule has 0 saturated carbocycles. The van der Waals surface area contributed by atoms with Crippen molar-refractivity contribution in [3.63, 3.8) is 0 Å². The molecule has 1 atom stereocenters. The van der Waals surface area contributed by atoms with Crippen molar-refractivity contribution in [3.05, 3.63) is 209 Å². The lowest BCUT2D eigenvalue weighted by Gasteiger charge is -2.27. The number of nitrogens with zero attached hydrogens (tertiary/aromatic N) is 2. The summed E-state index contributed by atoms with van der Waals surface area (Å²) in [7, 11) is 0. The van der Waals surface area contributed by atoms with Crippen molar-refractivity contribution in [2.24, 2.45) is 9.98 Å². The van der Waals surface area contributed by atoms with Crippen LogP contribution in [0.25, 0.3) is 58.9 Å². The Hall–Kier alpha value is -6.42. The summed E-state index contributed by atoms with van der Waals surface area (Å²) in [6.45, 7) is 4.35. The van der Waals surface area contributed by atoms with Crippen molar-refractivity contribution in [2.75, 3.05) is 0 Å². The van der Waals surface area contributed by atoms with Crippen LogP contribution in [0.5, 0.6) is 0 Å². The quantitative estimate of drug-likeness (QED) is 0.0834. The Kier molecular flexibility index (Phi) is 10.1. The lowest BCUT2D eigenvalue weighted by atomic mass is 9.77. The predicted molar refractivity (Wildman–Crippen MR) is 256 cm³/mol. The number of benzene rings is 7. The van der Waals surface area contributed by atoms with Gasteiger partial charge >= 0.3 is 0 Å². The molecule has 8 aromatic rings. The van der Waals surface area contributed by atoms with Crippen LogP contribution in [0.1, 0.15) is 79.7 Å². The zero-order valence-electron chi connectivity index (χ0n) is 33.7. The van der Waals surface area contributed by atoms with E-state index in [4.69, 9.17) is 9.98 Å². The van der Waals surface area contributed by atoms with E-state index in [1.807, 2.05) is 11.3 Å². The van der Waals surface area contributed by atoms with E-state index in [1.165, 1.54) is 75.1 Å². The third-order valence-electron chi connectivity index (χ3n) is 12.0. The van der Waals surface area contributed by atoms with Gasteiger partial charge in [-0.2, -0.15) is 0 Å².